The molecule has 0 saturated carbocycles. The number of ether oxygens (including phenoxy) is 1. The first-order chi connectivity index (χ1) is 11.0. The summed E-state index contributed by atoms with van der Waals surface area (Å²) >= 11 is 5.99. The minimum absolute atomic E-state index is 0.00485. The van der Waals surface area contributed by atoms with Crippen LogP contribution >= 0.6 is 11.6 Å². The van der Waals surface area contributed by atoms with Crippen LogP contribution in [-0.4, -0.2) is 24.1 Å². The number of amides is 1. The van der Waals surface area contributed by atoms with Crippen LogP contribution < -0.4 is 10.1 Å². The van der Waals surface area contributed by atoms with Gasteiger partial charge in [-0.3, -0.25) is 4.79 Å². The van der Waals surface area contributed by atoms with Gasteiger partial charge in [-0.2, -0.15) is 0 Å². The van der Waals surface area contributed by atoms with Crippen molar-refractivity contribution in [3.63, 3.8) is 0 Å². The number of methoxy groups -OCH3 is 1. The number of benzene rings is 2. The molecule has 1 amide bonds. The number of halogens is 1. The lowest BCUT2D eigenvalue weighted by Crippen LogP contribution is -2.14. The molecule has 5 nitrogen and oxygen atoms in total. The van der Waals surface area contributed by atoms with Crippen LogP contribution in [0.5, 0.6) is 5.75 Å². The lowest BCUT2D eigenvalue weighted by molar-refractivity contribution is -0.112. The van der Waals surface area contributed by atoms with Crippen LogP contribution in [0.4, 0.5) is 5.69 Å². The Bertz CT molecular complexity index is 753. The number of aromatic carboxylic acids is 1. The molecule has 0 atom stereocenters. The van der Waals surface area contributed by atoms with Crippen LogP contribution in [0.15, 0.2) is 53.6 Å². The van der Waals surface area contributed by atoms with E-state index in [1.54, 1.807) is 43.5 Å². The molecule has 6 heteroatoms. The van der Waals surface area contributed by atoms with Gasteiger partial charge in [0.1, 0.15) is 10.8 Å². The summed E-state index contributed by atoms with van der Waals surface area (Å²) < 4.78 is 5.05. The molecule has 0 aliphatic rings. The Balaban J connectivity index is 2.16. The third kappa shape index (κ3) is 4.34. The summed E-state index contributed by atoms with van der Waals surface area (Å²) in [6.07, 6.45) is 1.49. The molecule has 23 heavy (non-hydrogen) atoms. The van der Waals surface area contributed by atoms with E-state index in [1.807, 2.05) is 0 Å². The van der Waals surface area contributed by atoms with Crippen molar-refractivity contribution in [2.24, 2.45) is 0 Å². The van der Waals surface area contributed by atoms with Crippen LogP contribution in [-0.2, 0) is 4.79 Å². The Kier molecular flexibility index (Phi) is 5.38. The fourth-order valence-corrected chi connectivity index (χ4v) is 2.05. The van der Waals surface area contributed by atoms with Gasteiger partial charge < -0.3 is 15.2 Å². The maximum atomic E-state index is 12.1. The van der Waals surface area contributed by atoms with Gasteiger partial charge in [0.05, 0.1) is 18.4 Å². The van der Waals surface area contributed by atoms with E-state index >= 15 is 0 Å². The predicted molar refractivity (Wildman–Crippen MR) is 88.9 cm³/mol. The van der Waals surface area contributed by atoms with Crippen molar-refractivity contribution in [3.05, 3.63) is 64.7 Å². The SMILES string of the molecule is COc1ccc(/C=C(\Cl)C(=O)Nc2ccccc2C(=O)O)cc1. The average molecular weight is 332 g/mol. The second-order valence-electron chi connectivity index (χ2n) is 4.57. The zero-order chi connectivity index (χ0) is 16.8. The first-order valence-electron chi connectivity index (χ1n) is 6.66. The van der Waals surface area contributed by atoms with Crippen LogP contribution in [0.2, 0.25) is 0 Å². The molecule has 0 spiro atoms. The average Bonchev–Trinajstić information content (AvgIpc) is 2.55. The fourth-order valence-electron chi connectivity index (χ4n) is 1.87. The van der Waals surface area contributed by atoms with E-state index in [0.717, 1.165) is 5.56 Å². The number of hydrogen-bond acceptors (Lipinski definition) is 3. The Morgan fingerprint density at radius 1 is 1.13 bits per heavy atom. The van der Waals surface area contributed by atoms with E-state index in [9.17, 15) is 9.59 Å². The van der Waals surface area contributed by atoms with Crippen LogP contribution in [0.3, 0.4) is 0 Å². The molecule has 2 rings (SSSR count). The van der Waals surface area contributed by atoms with Crippen molar-refractivity contribution in [1.82, 2.24) is 0 Å². The number of anilines is 1. The highest BCUT2D eigenvalue weighted by Gasteiger charge is 2.13. The van der Waals surface area contributed by atoms with Gasteiger partial charge in [0, 0.05) is 0 Å². The normalized spacial score (nSPS) is 11.0. The second kappa shape index (κ2) is 7.47. The van der Waals surface area contributed by atoms with Crippen molar-refractivity contribution in [3.8, 4) is 5.75 Å². The molecular weight excluding hydrogens is 318 g/mol. The first kappa shape index (κ1) is 16.6. The second-order valence-corrected chi connectivity index (χ2v) is 4.98. The van der Waals surface area contributed by atoms with Gasteiger partial charge in [-0.1, -0.05) is 35.9 Å². The maximum absolute atomic E-state index is 12.1. The molecule has 0 heterocycles. The monoisotopic (exact) mass is 331 g/mol. The van der Waals surface area contributed by atoms with Crippen molar-refractivity contribution >= 4 is 35.2 Å². The topological polar surface area (TPSA) is 75.6 Å². The smallest absolute Gasteiger partial charge is 0.337 e. The van der Waals surface area contributed by atoms with E-state index in [4.69, 9.17) is 21.4 Å². The molecule has 0 aliphatic heterocycles. The Labute approximate surface area is 138 Å². The van der Waals surface area contributed by atoms with E-state index < -0.39 is 11.9 Å². The lowest BCUT2D eigenvalue weighted by Gasteiger charge is -2.07. The third-order valence-corrected chi connectivity index (χ3v) is 3.31. The number of hydrogen-bond donors (Lipinski definition) is 2. The molecule has 0 unspecified atom stereocenters. The van der Waals surface area contributed by atoms with Gasteiger partial charge in [0.15, 0.2) is 0 Å². The van der Waals surface area contributed by atoms with Gasteiger partial charge in [-0.15, -0.1) is 0 Å². The van der Waals surface area contributed by atoms with Crippen molar-refractivity contribution in [2.45, 2.75) is 0 Å². The quantitative estimate of drug-likeness (QED) is 0.821. The number of para-hydroxylation sites is 1. The Morgan fingerprint density at radius 2 is 1.78 bits per heavy atom. The summed E-state index contributed by atoms with van der Waals surface area (Å²) in [7, 11) is 1.56. The highest BCUT2D eigenvalue weighted by Crippen LogP contribution is 2.19. The Morgan fingerprint density at radius 3 is 2.39 bits per heavy atom. The summed E-state index contributed by atoms with van der Waals surface area (Å²) in [5.41, 5.74) is 0.901. The molecule has 118 valence electrons. The number of carbonyl (C=O) groups excluding carboxylic acids is 1. The number of carbonyl (C=O) groups is 2. The summed E-state index contributed by atoms with van der Waals surface area (Å²) in [4.78, 5) is 23.2. The van der Waals surface area contributed by atoms with Crippen molar-refractivity contribution in [2.75, 3.05) is 12.4 Å². The Hall–Kier alpha value is -2.79. The third-order valence-electron chi connectivity index (χ3n) is 3.03. The molecule has 0 bridgehead atoms. The van der Waals surface area contributed by atoms with Gasteiger partial charge in [0.2, 0.25) is 0 Å². The number of carboxylic acid groups (broad SMARTS) is 1. The van der Waals surface area contributed by atoms with Crippen molar-refractivity contribution < 1.29 is 19.4 Å². The van der Waals surface area contributed by atoms with E-state index in [-0.39, 0.29) is 16.3 Å². The maximum Gasteiger partial charge on any atom is 0.337 e. The highest BCUT2D eigenvalue weighted by molar-refractivity contribution is 6.45. The van der Waals surface area contributed by atoms with Gasteiger partial charge in [0.25, 0.3) is 5.91 Å². The molecule has 0 saturated heterocycles. The largest absolute Gasteiger partial charge is 0.497 e. The minimum atomic E-state index is -1.13. The standard InChI is InChI=1S/C17H14ClNO4/c1-23-12-8-6-11(7-9-12)10-14(18)16(20)19-15-5-3-2-4-13(15)17(21)22/h2-10H,1H3,(H,19,20)(H,21,22)/b14-10-. The molecule has 0 fully saturated rings. The van der Waals surface area contributed by atoms with Crippen LogP contribution in [0.25, 0.3) is 6.08 Å². The summed E-state index contributed by atoms with van der Waals surface area (Å²) in [6.45, 7) is 0. The summed E-state index contributed by atoms with van der Waals surface area (Å²) in [6, 6.07) is 13.1. The molecular formula is C17H14ClNO4. The molecule has 0 aliphatic carbocycles. The fraction of sp³-hybridized carbons (Fsp3) is 0.0588. The predicted octanol–water partition coefficient (Wildman–Crippen LogP) is 3.61. The minimum Gasteiger partial charge on any atom is -0.497 e. The highest BCUT2D eigenvalue weighted by atomic mass is 35.5. The summed E-state index contributed by atoms with van der Waals surface area (Å²) in [5.74, 6) is -1.02. The van der Waals surface area contributed by atoms with Gasteiger partial charge in [-0.25, -0.2) is 4.79 Å². The summed E-state index contributed by atoms with van der Waals surface area (Å²) in [5, 5.41) is 11.5. The number of carboxylic acids is 1. The van der Waals surface area contributed by atoms with Gasteiger partial charge >= 0.3 is 5.97 Å². The first-order valence-corrected chi connectivity index (χ1v) is 7.04. The molecule has 2 aromatic rings. The molecule has 2 aromatic carbocycles. The van der Waals surface area contributed by atoms with Gasteiger partial charge in [-0.05, 0) is 35.9 Å². The number of rotatable bonds is 5. The molecule has 0 radical (unpaired) electrons. The zero-order valence-corrected chi connectivity index (χ0v) is 13.0. The number of nitrogens with one attached hydrogen (secondary N) is 1. The zero-order valence-electron chi connectivity index (χ0n) is 12.2. The van der Waals surface area contributed by atoms with E-state index in [2.05, 4.69) is 5.32 Å². The molecule has 0 aromatic heterocycles. The molecule has 2 N–H and O–H groups in total. The lowest BCUT2D eigenvalue weighted by atomic mass is 10.1. The van der Waals surface area contributed by atoms with E-state index in [1.165, 1.54) is 18.2 Å². The van der Waals surface area contributed by atoms with Crippen molar-refractivity contribution in [1.29, 1.82) is 0 Å². The van der Waals surface area contributed by atoms with Crippen LogP contribution in [0, 0.1) is 0 Å². The van der Waals surface area contributed by atoms with E-state index in [0.29, 0.717) is 5.75 Å². The van der Waals surface area contributed by atoms with Crippen LogP contribution in [0.1, 0.15) is 15.9 Å².